The van der Waals surface area contributed by atoms with Crippen LogP contribution in [0.25, 0.3) is 0 Å². The van der Waals surface area contributed by atoms with E-state index in [-0.39, 0.29) is 19.6 Å². The van der Waals surface area contributed by atoms with Gasteiger partial charge in [0.05, 0.1) is 0 Å². The molecule has 1 atom stereocenters. The second-order valence-electron chi connectivity index (χ2n) is 4.98. The zero-order chi connectivity index (χ0) is 15.8. The minimum Gasteiger partial charge on any atom is -0.484 e. The molecule has 1 rings (SSSR count). The number of hydrogen-bond donors (Lipinski definition) is 3. The SMILES string of the molecule is CC(C)c1ccc(OCC(=O)N[C@@H](CCO)C(=O)O)cc1. The van der Waals surface area contributed by atoms with E-state index in [1.54, 1.807) is 12.1 Å². The molecule has 0 saturated carbocycles. The van der Waals surface area contributed by atoms with E-state index >= 15 is 0 Å². The Labute approximate surface area is 123 Å². The van der Waals surface area contributed by atoms with Crippen LogP contribution >= 0.6 is 0 Å². The predicted molar refractivity (Wildman–Crippen MR) is 77.3 cm³/mol. The second-order valence-corrected chi connectivity index (χ2v) is 4.98. The molecule has 0 aliphatic heterocycles. The maximum Gasteiger partial charge on any atom is 0.326 e. The smallest absolute Gasteiger partial charge is 0.326 e. The fraction of sp³-hybridized carbons (Fsp3) is 0.467. The van der Waals surface area contributed by atoms with Crippen LogP contribution in [0.5, 0.6) is 5.75 Å². The molecule has 0 radical (unpaired) electrons. The van der Waals surface area contributed by atoms with Crippen LogP contribution in [0, 0.1) is 0 Å². The van der Waals surface area contributed by atoms with E-state index in [4.69, 9.17) is 14.9 Å². The molecular formula is C15H21NO5. The molecule has 1 amide bonds. The van der Waals surface area contributed by atoms with Crippen LogP contribution in [0.2, 0.25) is 0 Å². The van der Waals surface area contributed by atoms with Crippen molar-refractivity contribution in [2.75, 3.05) is 13.2 Å². The molecule has 3 N–H and O–H groups in total. The van der Waals surface area contributed by atoms with Crippen molar-refractivity contribution in [3.05, 3.63) is 29.8 Å². The number of hydrogen-bond acceptors (Lipinski definition) is 4. The highest BCUT2D eigenvalue weighted by Gasteiger charge is 2.19. The van der Waals surface area contributed by atoms with Crippen molar-refractivity contribution >= 4 is 11.9 Å². The minimum absolute atomic E-state index is 0.0375. The number of aliphatic hydroxyl groups is 1. The molecule has 0 aliphatic rings. The first kappa shape index (κ1) is 17.0. The van der Waals surface area contributed by atoms with Gasteiger partial charge in [-0.05, 0) is 23.6 Å². The van der Waals surface area contributed by atoms with Gasteiger partial charge in [-0.2, -0.15) is 0 Å². The molecule has 0 aromatic heterocycles. The third-order valence-corrected chi connectivity index (χ3v) is 2.97. The van der Waals surface area contributed by atoms with Gasteiger partial charge in [-0.1, -0.05) is 26.0 Å². The van der Waals surface area contributed by atoms with Crippen molar-refractivity contribution in [2.45, 2.75) is 32.2 Å². The number of aliphatic carboxylic acids is 1. The van der Waals surface area contributed by atoms with Crippen LogP contribution in [0.1, 0.15) is 31.7 Å². The lowest BCUT2D eigenvalue weighted by Gasteiger charge is -2.14. The number of carbonyl (C=O) groups excluding carboxylic acids is 1. The number of ether oxygens (including phenoxy) is 1. The van der Waals surface area contributed by atoms with Gasteiger partial charge in [0, 0.05) is 13.0 Å². The van der Waals surface area contributed by atoms with Crippen molar-refractivity contribution in [1.82, 2.24) is 5.32 Å². The van der Waals surface area contributed by atoms with E-state index in [9.17, 15) is 9.59 Å². The zero-order valence-corrected chi connectivity index (χ0v) is 12.2. The minimum atomic E-state index is -1.18. The largest absolute Gasteiger partial charge is 0.484 e. The Morgan fingerprint density at radius 3 is 2.33 bits per heavy atom. The molecule has 1 aromatic rings. The van der Waals surface area contributed by atoms with Crippen molar-refractivity contribution in [3.8, 4) is 5.75 Å². The predicted octanol–water partition coefficient (Wildman–Crippen LogP) is 1.14. The number of carbonyl (C=O) groups is 2. The van der Waals surface area contributed by atoms with Crippen LogP contribution in [0.15, 0.2) is 24.3 Å². The summed E-state index contributed by atoms with van der Waals surface area (Å²) < 4.78 is 5.29. The van der Waals surface area contributed by atoms with Gasteiger partial charge in [0.15, 0.2) is 6.61 Å². The summed E-state index contributed by atoms with van der Waals surface area (Å²) in [4.78, 5) is 22.4. The Kier molecular flexibility index (Phi) is 6.68. The van der Waals surface area contributed by atoms with E-state index in [2.05, 4.69) is 19.2 Å². The van der Waals surface area contributed by atoms with Crippen LogP contribution in [-0.2, 0) is 9.59 Å². The van der Waals surface area contributed by atoms with E-state index in [1.807, 2.05) is 12.1 Å². The summed E-state index contributed by atoms with van der Waals surface area (Å²) in [7, 11) is 0. The summed E-state index contributed by atoms with van der Waals surface area (Å²) in [6.45, 7) is 3.58. The number of nitrogens with one attached hydrogen (secondary N) is 1. The highest BCUT2D eigenvalue weighted by Crippen LogP contribution is 2.18. The fourth-order valence-electron chi connectivity index (χ4n) is 1.72. The first-order valence-electron chi connectivity index (χ1n) is 6.79. The highest BCUT2D eigenvalue weighted by atomic mass is 16.5. The molecule has 0 fully saturated rings. The summed E-state index contributed by atoms with van der Waals surface area (Å²) in [5.74, 6) is -0.761. The number of aliphatic hydroxyl groups excluding tert-OH is 1. The Hall–Kier alpha value is -2.08. The Morgan fingerprint density at radius 2 is 1.86 bits per heavy atom. The number of rotatable bonds is 8. The normalized spacial score (nSPS) is 12.0. The first-order valence-corrected chi connectivity index (χ1v) is 6.79. The summed E-state index contributed by atoms with van der Waals surface area (Å²) in [6.07, 6.45) is -0.0375. The average molecular weight is 295 g/mol. The third-order valence-electron chi connectivity index (χ3n) is 2.97. The van der Waals surface area contributed by atoms with Crippen LogP contribution in [0.3, 0.4) is 0 Å². The number of benzene rings is 1. The maximum absolute atomic E-state index is 11.6. The van der Waals surface area contributed by atoms with Gasteiger partial charge >= 0.3 is 5.97 Å². The van der Waals surface area contributed by atoms with Gasteiger partial charge in [-0.3, -0.25) is 4.79 Å². The molecule has 0 bridgehead atoms. The summed E-state index contributed by atoms with van der Waals surface area (Å²) in [5.41, 5.74) is 1.17. The van der Waals surface area contributed by atoms with E-state index in [1.165, 1.54) is 5.56 Å². The number of amides is 1. The second kappa shape index (κ2) is 8.26. The quantitative estimate of drug-likeness (QED) is 0.668. The molecular weight excluding hydrogens is 274 g/mol. The molecule has 116 valence electrons. The van der Waals surface area contributed by atoms with Crippen molar-refractivity contribution in [1.29, 1.82) is 0 Å². The molecule has 0 unspecified atom stereocenters. The lowest BCUT2D eigenvalue weighted by Crippen LogP contribution is -2.43. The Bertz CT molecular complexity index is 469. The van der Waals surface area contributed by atoms with Gasteiger partial charge in [0.2, 0.25) is 0 Å². The number of carboxylic acids is 1. The molecule has 0 spiro atoms. The zero-order valence-electron chi connectivity index (χ0n) is 12.2. The maximum atomic E-state index is 11.6. The molecule has 0 heterocycles. The molecule has 1 aromatic carbocycles. The van der Waals surface area contributed by atoms with Gasteiger partial charge in [-0.25, -0.2) is 4.79 Å². The van der Waals surface area contributed by atoms with E-state index in [0.29, 0.717) is 11.7 Å². The molecule has 6 heteroatoms. The van der Waals surface area contributed by atoms with Crippen molar-refractivity contribution in [3.63, 3.8) is 0 Å². The average Bonchev–Trinajstić information content (AvgIpc) is 2.45. The van der Waals surface area contributed by atoms with Crippen LogP contribution in [0.4, 0.5) is 0 Å². The summed E-state index contributed by atoms with van der Waals surface area (Å²) >= 11 is 0. The highest BCUT2D eigenvalue weighted by molar-refractivity contribution is 5.84. The van der Waals surface area contributed by atoms with E-state index < -0.39 is 17.9 Å². The third kappa shape index (κ3) is 5.83. The summed E-state index contributed by atoms with van der Waals surface area (Å²) in [5, 5.41) is 19.9. The Balaban J connectivity index is 2.46. The monoisotopic (exact) mass is 295 g/mol. The first-order chi connectivity index (χ1) is 9.93. The molecule has 0 aliphatic carbocycles. The molecule has 0 saturated heterocycles. The Morgan fingerprint density at radius 1 is 1.24 bits per heavy atom. The van der Waals surface area contributed by atoms with Gasteiger partial charge in [0.1, 0.15) is 11.8 Å². The van der Waals surface area contributed by atoms with Gasteiger partial charge < -0.3 is 20.3 Å². The van der Waals surface area contributed by atoms with Gasteiger partial charge in [0.25, 0.3) is 5.91 Å². The van der Waals surface area contributed by atoms with Crippen molar-refractivity contribution < 1.29 is 24.5 Å². The lowest BCUT2D eigenvalue weighted by molar-refractivity contribution is -0.142. The van der Waals surface area contributed by atoms with Gasteiger partial charge in [-0.15, -0.1) is 0 Å². The fourth-order valence-corrected chi connectivity index (χ4v) is 1.72. The molecule has 21 heavy (non-hydrogen) atoms. The number of carboxylic acid groups (broad SMARTS) is 1. The van der Waals surface area contributed by atoms with E-state index in [0.717, 1.165) is 0 Å². The standard InChI is InChI=1S/C15H21NO5/c1-10(2)11-3-5-12(6-4-11)21-9-14(18)16-13(7-8-17)15(19)20/h3-6,10,13,17H,7-9H2,1-2H3,(H,16,18)(H,19,20)/t13-/m0/s1. The summed E-state index contributed by atoms with van der Waals surface area (Å²) in [6, 6.07) is 6.28. The lowest BCUT2D eigenvalue weighted by atomic mass is 10.0. The van der Waals surface area contributed by atoms with Crippen LogP contribution in [-0.4, -0.2) is 41.3 Å². The van der Waals surface area contributed by atoms with Crippen LogP contribution < -0.4 is 10.1 Å². The molecule has 6 nitrogen and oxygen atoms in total. The van der Waals surface area contributed by atoms with Crippen molar-refractivity contribution in [2.24, 2.45) is 0 Å². The topological polar surface area (TPSA) is 95.9 Å².